The highest BCUT2D eigenvalue weighted by atomic mass is 32.2. The maximum absolute atomic E-state index is 5.81. The van der Waals surface area contributed by atoms with Crippen molar-refractivity contribution in [2.24, 2.45) is 0 Å². The fourth-order valence-electron chi connectivity index (χ4n) is 2.28. The topological polar surface area (TPSA) is 86.0 Å². The highest BCUT2D eigenvalue weighted by Gasteiger charge is 2.07. The molecule has 0 aliphatic rings. The van der Waals surface area contributed by atoms with Crippen LogP contribution in [0.1, 0.15) is 11.4 Å². The van der Waals surface area contributed by atoms with Gasteiger partial charge in [-0.2, -0.15) is 15.0 Å². The SMILES string of the molecule is COc1ccccc1CSCc1nc(N)nc(Nc2ccccc2)n1. The summed E-state index contributed by atoms with van der Waals surface area (Å²) in [7, 11) is 1.68. The number of methoxy groups -OCH3 is 1. The minimum absolute atomic E-state index is 0.210. The Labute approximate surface area is 150 Å². The molecule has 3 aromatic rings. The number of thioether (sulfide) groups is 1. The molecule has 3 rings (SSSR count). The molecule has 7 heteroatoms. The Morgan fingerprint density at radius 2 is 1.72 bits per heavy atom. The lowest BCUT2D eigenvalue weighted by Crippen LogP contribution is -2.06. The second-order valence-electron chi connectivity index (χ2n) is 5.23. The molecule has 1 aromatic heterocycles. The van der Waals surface area contributed by atoms with Crippen LogP contribution in [0, 0.1) is 0 Å². The zero-order valence-electron chi connectivity index (χ0n) is 13.8. The molecule has 0 bridgehead atoms. The van der Waals surface area contributed by atoms with Gasteiger partial charge in [0, 0.05) is 17.0 Å². The number of aromatic nitrogens is 3. The summed E-state index contributed by atoms with van der Waals surface area (Å²) in [5, 5.41) is 3.14. The largest absolute Gasteiger partial charge is 0.496 e. The van der Waals surface area contributed by atoms with Crippen LogP contribution in [0.25, 0.3) is 0 Å². The van der Waals surface area contributed by atoms with Crippen LogP contribution in [0.15, 0.2) is 54.6 Å². The Morgan fingerprint density at radius 1 is 0.960 bits per heavy atom. The molecular weight excluding hydrogens is 334 g/mol. The summed E-state index contributed by atoms with van der Waals surface area (Å²) in [6.45, 7) is 0. The fourth-order valence-corrected chi connectivity index (χ4v) is 3.16. The van der Waals surface area contributed by atoms with E-state index in [2.05, 4.69) is 26.3 Å². The van der Waals surface area contributed by atoms with Crippen molar-refractivity contribution >= 4 is 29.3 Å². The van der Waals surface area contributed by atoms with E-state index in [0.717, 1.165) is 22.8 Å². The van der Waals surface area contributed by atoms with Crippen molar-refractivity contribution < 1.29 is 4.74 Å². The van der Waals surface area contributed by atoms with E-state index in [0.29, 0.717) is 17.5 Å². The van der Waals surface area contributed by atoms with Crippen LogP contribution < -0.4 is 15.8 Å². The molecule has 1 heterocycles. The monoisotopic (exact) mass is 353 g/mol. The van der Waals surface area contributed by atoms with Gasteiger partial charge in [0.2, 0.25) is 11.9 Å². The lowest BCUT2D eigenvalue weighted by molar-refractivity contribution is 0.411. The molecule has 2 aromatic carbocycles. The number of benzene rings is 2. The summed E-state index contributed by atoms with van der Waals surface area (Å²) in [4.78, 5) is 12.8. The van der Waals surface area contributed by atoms with Crippen LogP contribution >= 0.6 is 11.8 Å². The number of anilines is 3. The van der Waals surface area contributed by atoms with Crippen LogP contribution in [0.5, 0.6) is 5.75 Å². The number of para-hydroxylation sites is 2. The van der Waals surface area contributed by atoms with E-state index in [4.69, 9.17) is 10.5 Å². The molecule has 25 heavy (non-hydrogen) atoms. The summed E-state index contributed by atoms with van der Waals surface area (Å²) >= 11 is 1.70. The lowest BCUT2D eigenvalue weighted by atomic mass is 10.2. The van der Waals surface area contributed by atoms with Gasteiger partial charge in [-0.25, -0.2) is 0 Å². The number of hydrogen-bond acceptors (Lipinski definition) is 7. The van der Waals surface area contributed by atoms with Crippen molar-refractivity contribution in [1.29, 1.82) is 0 Å². The van der Waals surface area contributed by atoms with Crippen molar-refractivity contribution in [3.05, 3.63) is 66.0 Å². The first kappa shape index (κ1) is 17.0. The standard InChI is InChI=1S/C18H19N5OS/c1-24-15-10-6-5-7-13(15)11-25-12-16-21-17(19)23-18(22-16)20-14-8-3-2-4-9-14/h2-10H,11-12H2,1H3,(H3,19,20,21,22,23). The van der Waals surface area contributed by atoms with Crippen molar-refractivity contribution in [3.63, 3.8) is 0 Å². The normalized spacial score (nSPS) is 10.4. The first-order chi connectivity index (χ1) is 12.2. The lowest BCUT2D eigenvalue weighted by Gasteiger charge is -2.09. The van der Waals surface area contributed by atoms with Gasteiger partial charge in [-0.05, 0) is 18.2 Å². The van der Waals surface area contributed by atoms with Gasteiger partial charge in [0.05, 0.1) is 12.9 Å². The van der Waals surface area contributed by atoms with E-state index in [-0.39, 0.29) is 5.95 Å². The Bertz CT molecular complexity index is 829. The fraction of sp³-hybridized carbons (Fsp3) is 0.167. The number of nitrogen functional groups attached to an aromatic ring is 1. The molecule has 0 fully saturated rings. The van der Waals surface area contributed by atoms with Crippen molar-refractivity contribution in [2.75, 3.05) is 18.2 Å². The van der Waals surface area contributed by atoms with E-state index in [1.807, 2.05) is 48.5 Å². The highest BCUT2D eigenvalue weighted by Crippen LogP contribution is 2.24. The van der Waals surface area contributed by atoms with Crippen molar-refractivity contribution in [2.45, 2.75) is 11.5 Å². The molecule has 0 saturated heterocycles. The summed E-state index contributed by atoms with van der Waals surface area (Å²) in [5.74, 6) is 3.63. The number of hydrogen-bond donors (Lipinski definition) is 2. The second kappa shape index (κ2) is 8.34. The number of rotatable bonds is 7. The van der Waals surface area contributed by atoms with E-state index in [1.165, 1.54) is 0 Å². The predicted molar refractivity (Wildman–Crippen MR) is 102 cm³/mol. The van der Waals surface area contributed by atoms with Crippen LogP contribution in [-0.4, -0.2) is 22.1 Å². The predicted octanol–water partition coefficient (Wildman–Crippen LogP) is 3.64. The molecule has 6 nitrogen and oxygen atoms in total. The van der Waals surface area contributed by atoms with E-state index in [9.17, 15) is 0 Å². The summed E-state index contributed by atoms with van der Waals surface area (Å²) in [6.07, 6.45) is 0. The summed E-state index contributed by atoms with van der Waals surface area (Å²) < 4.78 is 5.37. The van der Waals surface area contributed by atoms with Gasteiger partial charge in [0.15, 0.2) is 0 Å². The summed E-state index contributed by atoms with van der Waals surface area (Å²) in [5.41, 5.74) is 7.85. The van der Waals surface area contributed by atoms with Gasteiger partial charge in [-0.1, -0.05) is 36.4 Å². The number of nitrogens with one attached hydrogen (secondary N) is 1. The maximum Gasteiger partial charge on any atom is 0.232 e. The molecule has 0 aliphatic carbocycles. The van der Waals surface area contributed by atoms with Gasteiger partial charge in [0.1, 0.15) is 11.6 Å². The van der Waals surface area contributed by atoms with E-state index < -0.39 is 0 Å². The average Bonchev–Trinajstić information content (AvgIpc) is 2.62. The first-order valence-corrected chi connectivity index (χ1v) is 8.92. The van der Waals surface area contributed by atoms with Gasteiger partial charge < -0.3 is 15.8 Å². The molecule has 128 valence electrons. The Hall–Kier alpha value is -2.80. The summed E-state index contributed by atoms with van der Waals surface area (Å²) in [6, 6.07) is 17.7. The first-order valence-electron chi connectivity index (χ1n) is 7.77. The molecule has 0 radical (unpaired) electrons. The molecule has 0 unspecified atom stereocenters. The van der Waals surface area contributed by atoms with Gasteiger partial charge >= 0.3 is 0 Å². The molecule has 0 amide bonds. The molecule has 0 aliphatic heterocycles. The third-order valence-electron chi connectivity index (χ3n) is 3.41. The van der Waals surface area contributed by atoms with Crippen LogP contribution in [0.3, 0.4) is 0 Å². The Morgan fingerprint density at radius 3 is 2.52 bits per heavy atom. The minimum atomic E-state index is 0.210. The average molecular weight is 353 g/mol. The van der Waals surface area contributed by atoms with Gasteiger partial charge in [-0.15, -0.1) is 11.8 Å². The Kier molecular flexibility index (Phi) is 5.69. The van der Waals surface area contributed by atoms with Gasteiger partial charge in [0.25, 0.3) is 0 Å². The van der Waals surface area contributed by atoms with E-state index >= 15 is 0 Å². The third-order valence-corrected chi connectivity index (χ3v) is 4.39. The van der Waals surface area contributed by atoms with Crippen LogP contribution in [0.2, 0.25) is 0 Å². The zero-order valence-corrected chi connectivity index (χ0v) is 14.7. The molecule has 0 spiro atoms. The molecule has 0 saturated carbocycles. The maximum atomic E-state index is 5.81. The Balaban J connectivity index is 1.64. The molecule has 0 atom stereocenters. The number of nitrogens with two attached hydrogens (primary N) is 1. The minimum Gasteiger partial charge on any atom is -0.496 e. The molecule has 3 N–H and O–H groups in total. The van der Waals surface area contributed by atoms with E-state index in [1.54, 1.807) is 18.9 Å². The smallest absolute Gasteiger partial charge is 0.232 e. The van der Waals surface area contributed by atoms with Crippen LogP contribution in [0.4, 0.5) is 17.6 Å². The third kappa shape index (κ3) is 4.84. The number of ether oxygens (including phenoxy) is 1. The van der Waals surface area contributed by atoms with Crippen molar-refractivity contribution in [1.82, 2.24) is 15.0 Å². The highest BCUT2D eigenvalue weighted by molar-refractivity contribution is 7.97. The molecular formula is C18H19N5OS. The number of nitrogens with zero attached hydrogens (tertiary/aromatic N) is 3. The van der Waals surface area contributed by atoms with Gasteiger partial charge in [-0.3, -0.25) is 0 Å². The van der Waals surface area contributed by atoms with Crippen molar-refractivity contribution in [3.8, 4) is 5.75 Å². The van der Waals surface area contributed by atoms with Crippen LogP contribution in [-0.2, 0) is 11.5 Å². The zero-order chi connectivity index (χ0) is 17.5. The quantitative estimate of drug-likeness (QED) is 0.670. The second-order valence-corrected chi connectivity index (χ2v) is 6.21.